The summed E-state index contributed by atoms with van der Waals surface area (Å²) in [5.41, 5.74) is 2.25. The molecule has 0 saturated carbocycles. The SMILES string of the molecule is O=C(CCc1ccccc1Cl)N1CCN(Cc2ccc3c(c2)OCCO3)CC1. The van der Waals surface area contributed by atoms with Gasteiger partial charge in [-0.3, -0.25) is 9.69 Å². The van der Waals surface area contributed by atoms with E-state index in [1.165, 1.54) is 5.56 Å². The highest BCUT2D eigenvalue weighted by atomic mass is 35.5. The van der Waals surface area contributed by atoms with E-state index in [0.717, 1.165) is 54.8 Å². The lowest BCUT2D eigenvalue weighted by Gasteiger charge is -2.35. The molecule has 0 atom stereocenters. The molecule has 0 N–H and O–H groups in total. The van der Waals surface area contributed by atoms with Crippen LogP contribution in [0.3, 0.4) is 0 Å². The van der Waals surface area contributed by atoms with E-state index < -0.39 is 0 Å². The maximum atomic E-state index is 12.5. The van der Waals surface area contributed by atoms with Crippen molar-refractivity contribution in [3.8, 4) is 11.5 Å². The number of hydrogen-bond donors (Lipinski definition) is 0. The Morgan fingerprint density at radius 1 is 0.964 bits per heavy atom. The summed E-state index contributed by atoms with van der Waals surface area (Å²) in [7, 11) is 0. The van der Waals surface area contributed by atoms with Gasteiger partial charge in [0.15, 0.2) is 11.5 Å². The van der Waals surface area contributed by atoms with Crippen LogP contribution in [-0.4, -0.2) is 55.1 Å². The molecule has 2 aromatic rings. The van der Waals surface area contributed by atoms with Crippen LogP contribution in [0.1, 0.15) is 17.5 Å². The van der Waals surface area contributed by atoms with Crippen molar-refractivity contribution < 1.29 is 14.3 Å². The van der Waals surface area contributed by atoms with Crippen molar-refractivity contribution in [2.45, 2.75) is 19.4 Å². The van der Waals surface area contributed by atoms with Crippen LogP contribution in [0.2, 0.25) is 5.02 Å². The quantitative estimate of drug-likeness (QED) is 0.771. The van der Waals surface area contributed by atoms with Gasteiger partial charge in [0, 0.05) is 44.2 Å². The van der Waals surface area contributed by atoms with Crippen molar-refractivity contribution in [1.29, 1.82) is 0 Å². The Bertz CT molecular complexity index is 834. The predicted octanol–water partition coefficient (Wildman–Crippen LogP) is 3.39. The third-order valence-electron chi connectivity index (χ3n) is 5.30. The van der Waals surface area contributed by atoms with Gasteiger partial charge in [-0.1, -0.05) is 35.9 Å². The lowest BCUT2D eigenvalue weighted by Crippen LogP contribution is -2.48. The second kappa shape index (κ2) is 8.84. The molecule has 4 rings (SSSR count). The van der Waals surface area contributed by atoms with E-state index in [1.54, 1.807) is 0 Å². The van der Waals surface area contributed by atoms with Crippen molar-refractivity contribution in [2.75, 3.05) is 39.4 Å². The molecule has 1 fully saturated rings. The minimum atomic E-state index is 0.207. The lowest BCUT2D eigenvalue weighted by molar-refractivity contribution is -0.133. The molecule has 2 aliphatic heterocycles. The van der Waals surface area contributed by atoms with Crippen LogP contribution in [-0.2, 0) is 17.8 Å². The molecule has 0 radical (unpaired) electrons. The lowest BCUT2D eigenvalue weighted by atomic mass is 10.1. The van der Waals surface area contributed by atoms with Gasteiger partial charge in [-0.25, -0.2) is 0 Å². The van der Waals surface area contributed by atoms with Crippen LogP contribution < -0.4 is 9.47 Å². The summed E-state index contributed by atoms with van der Waals surface area (Å²) in [4.78, 5) is 16.9. The zero-order chi connectivity index (χ0) is 19.3. The summed E-state index contributed by atoms with van der Waals surface area (Å²) in [6.07, 6.45) is 1.20. The number of carbonyl (C=O) groups excluding carboxylic acids is 1. The molecule has 1 saturated heterocycles. The average Bonchev–Trinajstić information content (AvgIpc) is 2.73. The van der Waals surface area contributed by atoms with E-state index in [1.807, 2.05) is 35.2 Å². The second-order valence-corrected chi connectivity index (χ2v) is 7.63. The summed E-state index contributed by atoms with van der Waals surface area (Å²) < 4.78 is 11.2. The Balaban J connectivity index is 1.25. The summed E-state index contributed by atoms with van der Waals surface area (Å²) in [5, 5.41) is 0.736. The van der Waals surface area contributed by atoms with Crippen LogP contribution in [0.4, 0.5) is 0 Å². The third kappa shape index (κ3) is 4.59. The van der Waals surface area contributed by atoms with Crippen LogP contribution in [0.15, 0.2) is 42.5 Å². The number of nitrogens with zero attached hydrogens (tertiary/aromatic N) is 2. The molecule has 28 heavy (non-hydrogen) atoms. The Hall–Kier alpha value is -2.24. The number of benzene rings is 2. The van der Waals surface area contributed by atoms with Crippen molar-refractivity contribution in [3.63, 3.8) is 0 Å². The number of fused-ring (bicyclic) bond motifs is 1. The van der Waals surface area contributed by atoms with Crippen molar-refractivity contribution in [1.82, 2.24) is 9.80 Å². The second-order valence-electron chi connectivity index (χ2n) is 7.23. The Labute approximate surface area is 170 Å². The molecule has 2 aromatic carbocycles. The number of aryl methyl sites for hydroxylation is 1. The summed E-state index contributed by atoms with van der Waals surface area (Å²) in [6, 6.07) is 13.9. The van der Waals surface area contributed by atoms with Crippen molar-refractivity contribution in [3.05, 3.63) is 58.6 Å². The maximum Gasteiger partial charge on any atom is 0.222 e. The molecule has 148 valence electrons. The fourth-order valence-electron chi connectivity index (χ4n) is 3.70. The van der Waals surface area contributed by atoms with Gasteiger partial charge in [-0.05, 0) is 35.7 Å². The van der Waals surface area contributed by atoms with Crippen LogP contribution in [0.5, 0.6) is 11.5 Å². The van der Waals surface area contributed by atoms with E-state index in [2.05, 4.69) is 17.0 Å². The normalized spacial score (nSPS) is 16.8. The zero-order valence-electron chi connectivity index (χ0n) is 15.9. The van der Waals surface area contributed by atoms with Gasteiger partial charge in [0.1, 0.15) is 13.2 Å². The fraction of sp³-hybridized carbons (Fsp3) is 0.409. The van der Waals surface area contributed by atoms with Gasteiger partial charge in [0.25, 0.3) is 0 Å². The smallest absolute Gasteiger partial charge is 0.222 e. The number of amides is 1. The number of halogens is 1. The molecule has 2 heterocycles. The predicted molar refractivity (Wildman–Crippen MR) is 109 cm³/mol. The minimum Gasteiger partial charge on any atom is -0.486 e. The number of hydrogen-bond acceptors (Lipinski definition) is 4. The molecule has 6 heteroatoms. The molecule has 1 amide bonds. The molecule has 0 bridgehead atoms. The van der Waals surface area contributed by atoms with Gasteiger partial charge in [-0.15, -0.1) is 0 Å². The fourth-order valence-corrected chi connectivity index (χ4v) is 3.93. The van der Waals surface area contributed by atoms with E-state index in [4.69, 9.17) is 21.1 Å². The number of piperazine rings is 1. The number of ether oxygens (including phenoxy) is 2. The first-order valence-corrected chi connectivity index (χ1v) is 10.2. The van der Waals surface area contributed by atoms with Gasteiger partial charge >= 0.3 is 0 Å². The van der Waals surface area contributed by atoms with Crippen LogP contribution >= 0.6 is 11.6 Å². The standard InChI is InChI=1S/C22H25ClN2O3/c23-19-4-2-1-3-18(19)6-8-22(26)25-11-9-24(10-12-25)16-17-5-7-20-21(15-17)28-14-13-27-20/h1-5,7,15H,6,8-14,16H2. The van der Waals surface area contributed by atoms with Crippen molar-refractivity contribution >= 4 is 17.5 Å². The van der Waals surface area contributed by atoms with Gasteiger partial charge in [0.2, 0.25) is 5.91 Å². The summed E-state index contributed by atoms with van der Waals surface area (Å²) in [6.45, 7) is 5.37. The first kappa shape index (κ1) is 19.1. The van der Waals surface area contributed by atoms with Gasteiger partial charge in [-0.2, -0.15) is 0 Å². The molecule has 0 aliphatic carbocycles. The molecule has 2 aliphatic rings. The molecule has 5 nitrogen and oxygen atoms in total. The molecule has 0 aromatic heterocycles. The number of rotatable bonds is 5. The van der Waals surface area contributed by atoms with E-state index in [-0.39, 0.29) is 5.91 Å². The first-order valence-electron chi connectivity index (χ1n) is 9.81. The third-order valence-corrected chi connectivity index (χ3v) is 5.67. The van der Waals surface area contributed by atoms with E-state index in [9.17, 15) is 4.79 Å². The van der Waals surface area contributed by atoms with Crippen molar-refractivity contribution in [2.24, 2.45) is 0 Å². The Kier molecular flexibility index (Phi) is 6.03. The van der Waals surface area contributed by atoms with Crippen LogP contribution in [0.25, 0.3) is 0 Å². The molecular formula is C22H25ClN2O3. The highest BCUT2D eigenvalue weighted by molar-refractivity contribution is 6.31. The molecule has 0 unspecified atom stereocenters. The van der Waals surface area contributed by atoms with Crippen LogP contribution in [0, 0.1) is 0 Å². The minimum absolute atomic E-state index is 0.207. The topological polar surface area (TPSA) is 42.0 Å². The van der Waals surface area contributed by atoms with Gasteiger partial charge < -0.3 is 14.4 Å². The Morgan fingerprint density at radius 3 is 2.50 bits per heavy atom. The summed E-state index contributed by atoms with van der Waals surface area (Å²) >= 11 is 6.19. The average molecular weight is 401 g/mol. The monoisotopic (exact) mass is 400 g/mol. The zero-order valence-corrected chi connectivity index (χ0v) is 16.7. The van der Waals surface area contributed by atoms with Gasteiger partial charge in [0.05, 0.1) is 0 Å². The Morgan fingerprint density at radius 2 is 1.71 bits per heavy atom. The highest BCUT2D eigenvalue weighted by Crippen LogP contribution is 2.31. The maximum absolute atomic E-state index is 12.5. The van der Waals surface area contributed by atoms with E-state index >= 15 is 0 Å². The largest absolute Gasteiger partial charge is 0.486 e. The molecule has 0 spiro atoms. The summed E-state index contributed by atoms with van der Waals surface area (Å²) in [5.74, 6) is 1.86. The first-order chi connectivity index (χ1) is 13.7. The van der Waals surface area contributed by atoms with E-state index in [0.29, 0.717) is 26.1 Å². The molecular weight excluding hydrogens is 376 g/mol. The number of carbonyl (C=O) groups is 1. The highest BCUT2D eigenvalue weighted by Gasteiger charge is 2.21.